The first kappa shape index (κ1) is 22.1. The Balaban J connectivity index is 1.47. The van der Waals surface area contributed by atoms with Gasteiger partial charge in [-0.2, -0.15) is 0 Å². The van der Waals surface area contributed by atoms with Gasteiger partial charge in [-0.3, -0.25) is 0 Å². The van der Waals surface area contributed by atoms with Gasteiger partial charge in [0.15, 0.2) is 7.14 Å². The van der Waals surface area contributed by atoms with Crippen molar-refractivity contribution in [2.75, 3.05) is 0 Å². The normalized spacial score (nSPS) is 12.6. The lowest BCUT2D eigenvalue weighted by molar-refractivity contribution is 0.593. The minimum Gasteiger partial charge on any atom is -0.309 e. The van der Waals surface area contributed by atoms with Crippen LogP contribution in [0.25, 0.3) is 64.6 Å². The van der Waals surface area contributed by atoms with Gasteiger partial charge >= 0.3 is 0 Å². The highest BCUT2D eigenvalue weighted by molar-refractivity contribution is 7.86. The van der Waals surface area contributed by atoms with Crippen LogP contribution >= 0.6 is 7.14 Å². The fraction of sp³-hybridized carbons (Fsp3) is 0. The maximum atomic E-state index is 16.1. The zero-order chi connectivity index (χ0) is 26.4. The third-order valence-corrected chi connectivity index (χ3v) is 12.0. The van der Waals surface area contributed by atoms with Crippen LogP contribution in [-0.2, 0) is 4.57 Å². The largest absolute Gasteiger partial charge is 0.309 e. The molecule has 186 valence electrons. The predicted octanol–water partition coefficient (Wildman–Crippen LogP) is 9.12. The van der Waals surface area contributed by atoms with Gasteiger partial charge in [0.25, 0.3) is 0 Å². The van der Waals surface area contributed by atoms with Crippen molar-refractivity contribution >= 4 is 87.7 Å². The molecular formula is C38H23OP. The molecule has 0 fully saturated rings. The van der Waals surface area contributed by atoms with Crippen molar-refractivity contribution in [1.82, 2.24) is 0 Å². The molecule has 9 aromatic rings. The molecule has 0 aliphatic heterocycles. The maximum Gasteiger partial charge on any atom is 0.172 e. The van der Waals surface area contributed by atoms with Gasteiger partial charge in [0.05, 0.1) is 0 Å². The minimum absolute atomic E-state index is 0.861. The van der Waals surface area contributed by atoms with Crippen LogP contribution in [0, 0.1) is 0 Å². The van der Waals surface area contributed by atoms with E-state index in [-0.39, 0.29) is 0 Å². The SMILES string of the molecule is O=P(c1ccccc1)(c1ccc2ccc3cccc4ccc1c2c34)c1ccc2ccc3cccc4ccc1c2c34. The van der Waals surface area contributed by atoms with E-state index in [9.17, 15) is 0 Å². The topological polar surface area (TPSA) is 17.1 Å². The van der Waals surface area contributed by atoms with E-state index in [1.54, 1.807) is 0 Å². The molecule has 0 aromatic heterocycles. The second-order valence-corrected chi connectivity index (χ2v) is 13.5. The van der Waals surface area contributed by atoms with Crippen molar-refractivity contribution in [3.8, 4) is 0 Å². The predicted molar refractivity (Wildman–Crippen MR) is 173 cm³/mol. The van der Waals surface area contributed by atoms with Crippen LogP contribution in [0.4, 0.5) is 0 Å². The molecule has 0 bridgehead atoms. The smallest absolute Gasteiger partial charge is 0.172 e. The molecule has 9 aromatic carbocycles. The Labute approximate surface area is 231 Å². The number of hydrogen-bond donors (Lipinski definition) is 0. The molecule has 0 spiro atoms. The summed E-state index contributed by atoms with van der Waals surface area (Å²) in [5, 5.41) is 16.9. The van der Waals surface area contributed by atoms with Gasteiger partial charge < -0.3 is 4.57 Å². The Kier molecular flexibility index (Phi) is 4.38. The Bertz CT molecular complexity index is 2270. The Hall–Kier alpha value is -4.71. The van der Waals surface area contributed by atoms with E-state index >= 15 is 4.57 Å². The summed E-state index contributed by atoms with van der Waals surface area (Å²) in [4.78, 5) is 0. The highest BCUT2D eigenvalue weighted by Crippen LogP contribution is 2.49. The molecule has 0 aliphatic carbocycles. The van der Waals surface area contributed by atoms with Crippen LogP contribution in [0.2, 0.25) is 0 Å². The standard InChI is InChI=1S/C38H23OP/c39-40(30-10-2-1-3-11-30,33-22-18-28-14-12-24-6-4-8-26-16-20-31(33)37(28)35(24)26)34-23-19-29-15-13-25-7-5-9-27-17-21-32(34)38(29)36(25)27/h1-23H. The summed E-state index contributed by atoms with van der Waals surface area (Å²) >= 11 is 0. The molecule has 1 nitrogen and oxygen atoms in total. The highest BCUT2D eigenvalue weighted by Gasteiger charge is 2.34. The summed E-state index contributed by atoms with van der Waals surface area (Å²) in [5.41, 5.74) is 0. The second-order valence-electron chi connectivity index (χ2n) is 10.8. The molecule has 0 aliphatic rings. The number of hydrogen-bond acceptors (Lipinski definition) is 1. The van der Waals surface area contributed by atoms with E-state index < -0.39 is 7.14 Å². The van der Waals surface area contributed by atoms with E-state index in [4.69, 9.17) is 0 Å². The molecule has 40 heavy (non-hydrogen) atoms. The Morgan fingerprint density at radius 2 is 0.700 bits per heavy atom. The van der Waals surface area contributed by atoms with Gasteiger partial charge in [0.1, 0.15) is 0 Å². The van der Waals surface area contributed by atoms with Crippen LogP contribution < -0.4 is 15.9 Å². The van der Waals surface area contributed by atoms with Gasteiger partial charge in [-0.05, 0) is 76.8 Å². The first-order valence-electron chi connectivity index (χ1n) is 13.7. The van der Waals surface area contributed by atoms with Gasteiger partial charge in [-0.1, -0.05) is 127 Å². The van der Waals surface area contributed by atoms with E-state index in [1.165, 1.54) is 53.9 Å². The van der Waals surface area contributed by atoms with Crippen molar-refractivity contribution in [1.29, 1.82) is 0 Å². The lowest BCUT2D eigenvalue weighted by Crippen LogP contribution is -2.26. The minimum atomic E-state index is -3.29. The number of rotatable bonds is 3. The summed E-state index contributed by atoms with van der Waals surface area (Å²) in [6, 6.07) is 49.1. The zero-order valence-corrected chi connectivity index (χ0v) is 22.5. The van der Waals surface area contributed by atoms with E-state index in [1.807, 2.05) is 30.3 Å². The van der Waals surface area contributed by atoms with Crippen LogP contribution in [0.5, 0.6) is 0 Å². The van der Waals surface area contributed by atoms with E-state index in [0.29, 0.717) is 0 Å². The summed E-state index contributed by atoms with van der Waals surface area (Å²) in [5.74, 6) is 0. The molecule has 2 heteroatoms. The molecule has 0 amide bonds. The van der Waals surface area contributed by atoms with Crippen molar-refractivity contribution in [2.45, 2.75) is 0 Å². The number of benzene rings is 9. The van der Waals surface area contributed by atoms with Crippen molar-refractivity contribution < 1.29 is 4.57 Å². The molecule has 0 unspecified atom stereocenters. The first-order chi connectivity index (χ1) is 19.7. The lowest BCUT2D eigenvalue weighted by Gasteiger charge is -2.25. The maximum absolute atomic E-state index is 16.1. The summed E-state index contributed by atoms with van der Waals surface area (Å²) < 4.78 is 16.1. The third-order valence-electron chi connectivity index (χ3n) is 8.81. The molecule has 0 saturated heterocycles. The van der Waals surface area contributed by atoms with Crippen molar-refractivity contribution in [2.24, 2.45) is 0 Å². The van der Waals surface area contributed by atoms with Crippen LogP contribution in [0.3, 0.4) is 0 Å². The van der Waals surface area contributed by atoms with Crippen molar-refractivity contribution in [3.63, 3.8) is 0 Å². The Morgan fingerprint density at radius 3 is 1.15 bits per heavy atom. The highest BCUT2D eigenvalue weighted by atomic mass is 31.2. The van der Waals surface area contributed by atoms with Crippen molar-refractivity contribution in [3.05, 3.63) is 140 Å². The first-order valence-corrected chi connectivity index (χ1v) is 15.4. The fourth-order valence-corrected chi connectivity index (χ4v) is 10.1. The van der Waals surface area contributed by atoms with Crippen LogP contribution in [0.15, 0.2) is 140 Å². The van der Waals surface area contributed by atoms with Gasteiger partial charge in [-0.25, -0.2) is 0 Å². The van der Waals surface area contributed by atoms with E-state index in [0.717, 1.165) is 26.7 Å². The summed E-state index contributed by atoms with van der Waals surface area (Å²) in [6.07, 6.45) is 0. The van der Waals surface area contributed by atoms with Gasteiger partial charge in [-0.15, -0.1) is 0 Å². The molecule has 0 atom stereocenters. The molecule has 9 rings (SSSR count). The lowest BCUT2D eigenvalue weighted by atomic mass is 9.94. The molecule has 0 heterocycles. The summed E-state index contributed by atoms with van der Waals surface area (Å²) in [7, 11) is -3.29. The molecule has 0 N–H and O–H groups in total. The monoisotopic (exact) mass is 526 g/mol. The summed E-state index contributed by atoms with van der Waals surface area (Å²) in [6.45, 7) is 0. The molecular weight excluding hydrogens is 503 g/mol. The second kappa shape index (κ2) is 7.92. The van der Waals surface area contributed by atoms with Gasteiger partial charge in [0, 0.05) is 15.9 Å². The van der Waals surface area contributed by atoms with E-state index in [2.05, 4.69) is 109 Å². The average Bonchev–Trinajstić information content (AvgIpc) is 3.02. The fourth-order valence-electron chi connectivity index (χ4n) is 7.03. The average molecular weight is 527 g/mol. The van der Waals surface area contributed by atoms with Crippen LogP contribution in [-0.4, -0.2) is 0 Å². The molecule has 0 radical (unpaired) electrons. The van der Waals surface area contributed by atoms with Crippen LogP contribution in [0.1, 0.15) is 0 Å². The molecule has 0 saturated carbocycles. The quantitative estimate of drug-likeness (QED) is 0.166. The Morgan fingerprint density at radius 1 is 0.325 bits per heavy atom. The van der Waals surface area contributed by atoms with Gasteiger partial charge in [0.2, 0.25) is 0 Å². The zero-order valence-electron chi connectivity index (χ0n) is 21.6. The third kappa shape index (κ3) is 2.80.